The third-order valence-corrected chi connectivity index (χ3v) is 3.70. The van der Waals surface area contributed by atoms with Crippen LogP contribution in [0, 0.1) is 0 Å². The van der Waals surface area contributed by atoms with E-state index in [1.165, 1.54) is 35.1 Å². The van der Waals surface area contributed by atoms with Crippen molar-refractivity contribution in [3.63, 3.8) is 0 Å². The average molecular weight is 279 g/mol. The van der Waals surface area contributed by atoms with Crippen LogP contribution in [-0.2, 0) is 0 Å². The normalized spacial score (nSPS) is 11.6. The fraction of sp³-hybridized carbons (Fsp3) is 0.300. The van der Waals surface area contributed by atoms with Gasteiger partial charge in [-0.3, -0.25) is 0 Å². The summed E-state index contributed by atoms with van der Waals surface area (Å²) in [6.45, 7) is 6.46. The van der Waals surface area contributed by atoms with Gasteiger partial charge in [-0.2, -0.15) is 0 Å². The molecule has 0 saturated heterocycles. The molecule has 2 aromatic rings. The van der Waals surface area contributed by atoms with E-state index in [1.54, 1.807) is 0 Å². The molecule has 1 nitrogen and oxygen atoms in total. The Morgan fingerprint density at radius 3 is 2.48 bits per heavy atom. The summed E-state index contributed by atoms with van der Waals surface area (Å²) >= 11 is 0. The highest BCUT2D eigenvalue weighted by Crippen LogP contribution is 2.28. The molecule has 0 aromatic heterocycles. The Morgan fingerprint density at radius 2 is 1.71 bits per heavy atom. The maximum atomic E-state index is 3.47. The number of unbranched alkanes of at least 4 members (excludes halogenated alkanes) is 1. The summed E-state index contributed by atoms with van der Waals surface area (Å²) < 4.78 is 0. The van der Waals surface area contributed by atoms with Crippen LogP contribution in [0.3, 0.4) is 0 Å². The largest absolute Gasteiger partial charge is 0.313 e. The minimum atomic E-state index is 0.939. The highest BCUT2D eigenvalue weighted by Gasteiger charge is 2.05. The Labute approximate surface area is 128 Å². The maximum absolute atomic E-state index is 3.47. The van der Waals surface area contributed by atoms with Gasteiger partial charge in [-0.25, -0.2) is 0 Å². The van der Waals surface area contributed by atoms with E-state index in [2.05, 4.69) is 79.8 Å². The number of benzene rings is 2. The lowest BCUT2D eigenvalue weighted by molar-refractivity contribution is 0.681. The van der Waals surface area contributed by atoms with Gasteiger partial charge < -0.3 is 5.32 Å². The molecule has 0 amide bonds. The van der Waals surface area contributed by atoms with E-state index in [4.69, 9.17) is 0 Å². The van der Waals surface area contributed by atoms with Crippen molar-refractivity contribution < 1.29 is 0 Å². The second kappa shape index (κ2) is 8.43. The number of nitrogens with one attached hydrogen (secondary N) is 1. The molecule has 0 spiro atoms. The van der Waals surface area contributed by atoms with E-state index in [-0.39, 0.29) is 0 Å². The van der Waals surface area contributed by atoms with Crippen molar-refractivity contribution in [3.05, 3.63) is 66.2 Å². The Hall–Kier alpha value is -1.86. The summed E-state index contributed by atoms with van der Waals surface area (Å²) in [4.78, 5) is 0. The van der Waals surface area contributed by atoms with E-state index >= 15 is 0 Å². The van der Waals surface area contributed by atoms with Gasteiger partial charge in [-0.15, -0.1) is 0 Å². The third-order valence-electron chi connectivity index (χ3n) is 3.70. The monoisotopic (exact) mass is 279 g/mol. The van der Waals surface area contributed by atoms with Gasteiger partial charge in [0.05, 0.1) is 0 Å². The predicted octanol–water partition coefficient (Wildman–Crippen LogP) is 5.15. The molecule has 0 aliphatic carbocycles. The first-order valence-electron chi connectivity index (χ1n) is 7.85. The number of rotatable bonds is 7. The number of allylic oxidation sites excluding steroid dienone is 1. The van der Waals surface area contributed by atoms with Crippen LogP contribution >= 0.6 is 0 Å². The zero-order chi connectivity index (χ0) is 14.9. The van der Waals surface area contributed by atoms with Crippen molar-refractivity contribution in [2.75, 3.05) is 13.1 Å². The van der Waals surface area contributed by atoms with Gasteiger partial charge in [-0.1, -0.05) is 74.0 Å². The van der Waals surface area contributed by atoms with Crippen LogP contribution in [0.2, 0.25) is 0 Å². The molecular formula is C20H25N. The average Bonchev–Trinajstić information content (AvgIpc) is 2.55. The molecule has 0 atom stereocenters. The van der Waals surface area contributed by atoms with Crippen LogP contribution in [0.15, 0.2) is 60.7 Å². The molecule has 21 heavy (non-hydrogen) atoms. The molecule has 0 aliphatic rings. The topological polar surface area (TPSA) is 12.0 Å². The zero-order valence-electron chi connectivity index (χ0n) is 13.1. The standard InChI is InChI=1S/C20H25N/c1-3-4-15-21-16-14-17(2)19-12-8-9-13-20(19)18-10-6-5-7-11-18/h5-14,21H,3-4,15-16H2,1-2H3. The first-order valence-corrected chi connectivity index (χ1v) is 7.85. The first kappa shape index (κ1) is 15.5. The van der Waals surface area contributed by atoms with Crippen molar-refractivity contribution in [2.45, 2.75) is 26.7 Å². The van der Waals surface area contributed by atoms with Gasteiger partial charge in [0, 0.05) is 6.54 Å². The predicted molar refractivity (Wildman–Crippen MR) is 93.3 cm³/mol. The van der Waals surface area contributed by atoms with Crippen LogP contribution in [0.5, 0.6) is 0 Å². The van der Waals surface area contributed by atoms with E-state index in [0.717, 1.165) is 13.1 Å². The van der Waals surface area contributed by atoms with Crippen LogP contribution in [0.25, 0.3) is 16.7 Å². The summed E-state index contributed by atoms with van der Waals surface area (Å²) in [5.74, 6) is 0. The molecule has 0 heterocycles. The zero-order valence-corrected chi connectivity index (χ0v) is 13.1. The quantitative estimate of drug-likeness (QED) is 0.691. The molecule has 2 aromatic carbocycles. The second-order valence-corrected chi connectivity index (χ2v) is 5.36. The number of hydrogen-bond acceptors (Lipinski definition) is 1. The molecule has 0 unspecified atom stereocenters. The van der Waals surface area contributed by atoms with Crippen molar-refractivity contribution in [1.29, 1.82) is 0 Å². The van der Waals surface area contributed by atoms with E-state index in [0.29, 0.717) is 0 Å². The third kappa shape index (κ3) is 4.57. The molecule has 1 N–H and O–H groups in total. The summed E-state index contributed by atoms with van der Waals surface area (Å²) in [7, 11) is 0. The minimum absolute atomic E-state index is 0.939. The molecule has 110 valence electrons. The van der Waals surface area contributed by atoms with Gasteiger partial charge in [-0.05, 0) is 42.2 Å². The highest BCUT2D eigenvalue weighted by atomic mass is 14.8. The van der Waals surface area contributed by atoms with Crippen molar-refractivity contribution >= 4 is 5.57 Å². The second-order valence-electron chi connectivity index (χ2n) is 5.36. The molecule has 0 bridgehead atoms. The van der Waals surface area contributed by atoms with Crippen molar-refractivity contribution in [2.24, 2.45) is 0 Å². The van der Waals surface area contributed by atoms with E-state index in [1.807, 2.05) is 0 Å². The lowest BCUT2D eigenvalue weighted by Gasteiger charge is -2.10. The SMILES string of the molecule is CCCCNCC=C(C)c1ccccc1-c1ccccc1. The molecule has 2 rings (SSSR count). The van der Waals surface area contributed by atoms with Gasteiger partial charge in [0.15, 0.2) is 0 Å². The Kier molecular flexibility index (Phi) is 6.23. The fourth-order valence-electron chi connectivity index (χ4n) is 2.44. The lowest BCUT2D eigenvalue weighted by Crippen LogP contribution is -2.14. The molecular weight excluding hydrogens is 254 g/mol. The molecule has 0 radical (unpaired) electrons. The van der Waals surface area contributed by atoms with E-state index < -0.39 is 0 Å². The molecule has 0 aliphatic heterocycles. The lowest BCUT2D eigenvalue weighted by atomic mass is 9.95. The smallest absolute Gasteiger partial charge is 0.0140 e. The van der Waals surface area contributed by atoms with Gasteiger partial charge in [0.2, 0.25) is 0 Å². The van der Waals surface area contributed by atoms with Crippen LogP contribution in [0.4, 0.5) is 0 Å². The molecule has 0 fully saturated rings. The minimum Gasteiger partial charge on any atom is -0.313 e. The number of hydrogen-bond donors (Lipinski definition) is 1. The first-order chi connectivity index (χ1) is 10.3. The van der Waals surface area contributed by atoms with E-state index in [9.17, 15) is 0 Å². The van der Waals surface area contributed by atoms with Crippen molar-refractivity contribution in [1.82, 2.24) is 5.32 Å². The molecule has 1 heteroatoms. The Bertz CT molecular complexity index is 569. The summed E-state index contributed by atoms with van der Waals surface area (Å²) in [6, 6.07) is 19.2. The van der Waals surface area contributed by atoms with Gasteiger partial charge >= 0.3 is 0 Å². The summed E-state index contributed by atoms with van der Waals surface area (Å²) in [5, 5.41) is 3.47. The van der Waals surface area contributed by atoms with Gasteiger partial charge in [0.25, 0.3) is 0 Å². The Morgan fingerprint density at radius 1 is 1.00 bits per heavy atom. The Balaban J connectivity index is 2.14. The summed E-state index contributed by atoms with van der Waals surface area (Å²) in [6.07, 6.45) is 4.78. The van der Waals surface area contributed by atoms with Crippen LogP contribution in [-0.4, -0.2) is 13.1 Å². The van der Waals surface area contributed by atoms with Crippen LogP contribution < -0.4 is 5.32 Å². The maximum Gasteiger partial charge on any atom is 0.0140 e. The van der Waals surface area contributed by atoms with Gasteiger partial charge in [0.1, 0.15) is 0 Å². The highest BCUT2D eigenvalue weighted by molar-refractivity contribution is 5.80. The molecule has 0 saturated carbocycles. The van der Waals surface area contributed by atoms with Crippen molar-refractivity contribution in [3.8, 4) is 11.1 Å². The summed E-state index contributed by atoms with van der Waals surface area (Å²) in [5.41, 5.74) is 5.24. The van der Waals surface area contributed by atoms with Crippen LogP contribution in [0.1, 0.15) is 32.3 Å². The fourth-order valence-corrected chi connectivity index (χ4v) is 2.44.